The molecule has 0 saturated carbocycles. The number of pyridine rings is 1. The van der Waals surface area contributed by atoms with Crippen LogP contribution in [-0.4, -0.2) is 31.5 Å². The van der Waals surface area contributed by atoms with E-state index in [9.17, 15) is 18.3 Å². The summed E-state index contributed by atoms with van der Waals surface area (Å²) in [5.41, 5.74) is 2.48. The number of para-hydroxylation sites is 1. The fraction of sp³-hybridized carbons (Fsp3) is 0.278. The second kappa shape index (κ2) is 6.21. The monoisotopic (exact) mass is 360 g/mol. The summed E-state index contributed by atoms with van der Waals surface area (Å²) in [4.78, 5) is 13.7. The number of aromatic nitrogens is 3. The molecule has 0 saturated heterocycles. The number of aromatic hydroxyl groups is 1. The summed E-state index contributed by atoms with van der Waals surface area (Å²) >= 11 is 0. The summed E-state index contributed by atoms with van der Waals surface area (Å²) in [5.74, 6) is -0.960. The smallest absolute Gasteiger partial charge is 0.451 e. The van der Waals surface area contributed by atoms with Crippen LogP contribution >= 0.6 is 0 Å². The largest absolute Gasteiger partial charge is 0.506 e. The molecule has 5 nitrogen and oxygen atoms in total. The molecule has 8 heteroatoms. The number of alkyl halides is 3. The Labute approximate surface area is 147 Å². The van der Waals surface area contributed by atoms with Crippen molar-refractivity contribution in [2.24, 2.45) is 0 Å². The van der Waals surface area contributed by atoms with Crippen LogP contribution in [0.2, 0.25) is 0 Å². The minimum absolute atomic E-state index is 0.126. The molecule has 0 bridgehead atoms. The zero-order chi connectivity index (χ0) is 18.3. The molecule has 0 spiro atoms. The maximum atomic E-state index is 12.7. The highest BCUT2D eigenvalue weighted by molar-refractivity contribution is 5.84. The molecule has 3 heterocycles. The number of halogens is 3. The van der Waals surface area contributed by atoms with Crippen LogP contribution in [0.25, 0.3) is 10.9 Å². The van der Waals surface area contributed by atoms with Gasteiger partial charge in [0.25, 0.3) is 0 Å². The van der Waals surface area contributed by atoms with E-state index in [-0.39, 0.29) is 5.75 Å². The molecular formula is C18H15F3N4O. The lowest BCUT2D eigenvalue weighted by Gasteiger charge is -2.27. The highest BCUT2D eigenvalue weighted by Crippen LogP contribution is 2.28. The summed E-state index contributed by atoms with van der Waals surface area (Å²) in [7, 11) is 0. The van der Waals surface area contributed by atoms with Crippen LogP contribution in [0.1, 0.15) is 22.8 Å². The van der Waals surface area contributed by atoms with Crippen LogP contribution in [0.5, 0.6) is 5.75 Å². The van der Waals surface area contributed by atoms with Gasteiger partial charge in [0.15, 0.2) is 0 Å². The van der Waals surface area contributed by atoms with Crippen LogP contribution < -0.4 is 0 Å². The molecule has 26 heavy (non-hydrogen) atoms. The Bertz CT molecular complexity index is 974. The Morgan fingerprint density at radius 1 is 1.12 bits per heavy atom. The van der Waals surface area contributed by atoms with Crippen molar-refractivity contribution in [1.82, 2.24) is 19.9 Å². The minimum Gasteiger partial charge on any atom is -0.506 e. The number of nitrogens with zero attached hydrogens (tertiary/aromatic N) is 4. The van der Waals surface area contributed by atoms with Crippen molar-refractivity contribution >= 4 is 10.9 Å². The summed E-state index contributed by atoms with van der Waals surface area (Å²) in [6, 6.07) is 9.01. The first kappa shape index (κ1) is 16.7. The summed E-state index contributed by atoms with van der Waals surface area (Å²) in [6.45, 7) is 1.58. The maximum absolute atomic E-state index is 12.7. The van der Waals surface area contributed by atoms with E-state index >= 15 is 0 Å². The first-order chi connectivity index (χ1) is 12.4. The number of hydrogen-bond donors (Lipinski definition) is 1. The lowest BCUT2D eigenvalue weighted by molar-refractivity contribution is -0.145. The Morgan fingerprint density at radius 2 is 1.96 bits per heavy atom. The van der Waals surface area contributed by atoms with Crippen molar-refractivity contribution in [2.75, 3.05) is 6.54 Å². The third kappa shape index (κ3) is 3.20. The SMILES string of the molecule is Oc1cccc2ccc(CN3CCc4nc(C(F)(F)F)ncc4C3)nc12. The molecule has 4 rings (SSSR count). The summed E-state index contributed by atoms with van der Waals surface area (Å²) < 4.78 is 38.2. The van der Waals surface area contributed by atoms with Crippen LogP contribution in [-0.2, 0) is 25.7 Å². The van der Waals surface area contributed by atoms with E-state index in [0.29, 0.717) is 42.8 Å². The van der Waals surface area contributed by atoms with Crippen molar-refractivity contribution in [3.63, 3.8) is 0 Å². The van der Waals surface area contributed by atoms with E-state index < -0.39 is 12.0 Å². The molecule has 134 valence electrons. The van der Waals surface area contributed by atoms with Crippen molar-refractivity contribution in [1.29, 1.82) is 0 Å². The van der Waals surface area contributed by atoms with E-state index in [1.54, 1.807) is 12.1 Å². The second-order valence-electron chi connectivity index (χ2n) is 6.28. The molecule has 0 atom stereocenters. The zero-order valence-corrected chi connectivity index (χ0v) is 13.7. The fourth-order valence-corrected chi connectivity index (χ4v) is 3.14. The number of rotatable bonds is 2. The Hall–Kier alpha value is -2.74. The van der Waals surface area contributed by atoms with Gasteiger partial charge in [-0.25, -0.2) is 15.0 Å². The quantitative estimate of drug-likeness (QED) is 0.760. The Morgan fingerprint density at radius 3 is 2.77 bits per heavy atom. The molecule has 0 amide bonds. The van der Waals surface area contributed by atoms with E-state index in [1.165, 1.54) is 6.20 Å². The van der Waals surface area contributed by atoms with Gasteiger partial charge in [0.2, 0.25) is 5.82 Å². The number of phenols is 1. The minimum atomic E-state index is -4.52. The third-order valence-electron chi connectivity index (χ3n) is 4.41. The highest BCUT2D eigenvalue weighted by Gasteiger charge is 2.35. The maximum Gasteiger partial charge on any atom is 0.451 e. The van der Waals surface area contributed by atoms with Gasteiger partial charge < -0.3 is 5.11 Å². The zero-order valence-electron chi connectivity index (χ0n) is 13.7. The average molecular weight is 360 g/mol. The summed E-state index contributed by atoms with van der Waals surface area (Å²) in [6.07, 6.45) is -2.83. The fourth-order valence-electron chi connectivity index (χ4n) is 3.14. The van der Waals surface area contributed by atoms with E-state index in [1.807, 2.05) is 18.2 Å². The normalized spacial score (nSPS) is 15.2. The van der Waals surface area contributed by atoms with Crippen molar-refractivity contribution in [3.05, 3.63) is 59.3 Å². The highest BCUT2D eigenvalue weighted by atomic mass is 19.4. The first-order valence-electron chi connectivity index (χ1n) is 8.12. The van der Waals surface area contributed by atoms with Crippen LogP contribution in [0.3, 0.4) is 0 Å². The second-order valence-corrected chi connectivity index (χ2v) is 6.28. The molecule has 0 fully saturated rings. The van der Waals surface area contributed by atoms with Crippen molar-refractivity contribution < 1.29 is 18.3 Å². The van der Waals surface area contributed by atoms with Gasteiger partial charge in [-0.1, -0.05) is 18.2 Å². The van der Waals surface area contributed by atoms with Gasteiger partial charge >= 0.3 is 6.18 Å². The lowest BCUT2D eigenvalue weighted by Crippen LogP contribution is -2.31. The first-order valence-corrected chi connectivity index (χ1v) is 8.12. The van der Waals surface area contributed by atoms with Gasteiger partial charge in [-0.2, -0.15) is 13.2 Å². The van der Waals surface area contributed by atoms with Crippen LogP contribution in [0, 0.1) is 0 Å². The third-order valence-corrected chi connectivity index (χ3v) is 4.41. The van der Waals surface area contributed by atoms with E-state index in [2.05, 4.69) is 19.9 Å². The van der Waals surface area contributed by atoms with Gasteiger partial charge in [0, 0.05) is 43.2 Å². The number of phenolic OH excluding ortho intramolecular Hbond substituents is 1. The van der Waals surface area contributed by atoms with Gasteiger partial charge in [-0.3, -0.25) is 4.90 Å². The number of benzene rings is 1. The molecule has 1 N–H and O–H groups in total. The Balaban J connectivity index is 1.54. The predicted molar refractivity (Wildman–Crippen MR) is 88.3 cm³/mol. The van der Waals surface area contributed by atoms with Crippen LogP contribution in [0.4, 0.5) is 13.2 Å². The average Bonchev–Trinajstić information content (AvgIpc) is 2.61. The van der Waals surface area contributed by atoms with Gasteiger partial charge in [-0.15, -0.1) is 0 Å². The van der Waals surface area contributed by atoms with Gasteiger partial charge in [0.05, 0.1) is 11.4 Å². The van der Waals surface area contributed by atoms with Crippen molar-refractivity contribution in [2.45, 2.75) is 25.7 Å². The topological polar surface area (TPSA) is 62.1 Å². The standard InChI is InChI=1S/C18H15F3N4O/c19-18(20,21)17-22-8-12-9-25(7-6-14(12)24-17)10-13-5-4-11-2-1-3-15(26)16(11)23-13/h1-5,8,26H,6-7,9-10H2. The van der Waals surface area contributed by atoms with Gasteiger partial charge in [0.1, 0.15) is 11.3 Å². The molecule has 0 radical (unpaired) electrons. The molecule has 0 aliphatic carbocycles. The number of fused-ring (bicyclic) bond motifs is 2. The molecule has 1 aliphatic heterocycles. The van der Waals surface area contributed by atoms with Crippen molar-refractivity contribution in [3.8, 4) is 5.75 Å². The van der Waals surface area contributed by atoms with Gasteiger partial charge in [-0.05, 0) is 12.1 Å². The number of hydrogen-bond acceptors (Lipinski definition) is 5. The molecule has 2 aromatic heterocycles. The molecular weight excluding hydrogens is 345 g/mol. The Kier molecular flexibility index (Phi) is 3.99. The van der Waals surface area contributed by atoms with E-state index in [0.717, 1.165) is 11.1 Å². The molecule has 3 aromatic rings. The summed E-state index contributed by atoms with van der Waals surface area (Å²) in [5, 5.41) is 10.8. The lowest BCUT2D eigenvalue weighted by atomic mass is 10.1. The van der Waals surface area contributed by atoms with Crippen LogP contribution in [0.15, 0.2) is 36.5 Å². The predicted octanol–water partition coefficient (Wildman–Crippen LogP) is 3.31. The molecule has 1 aliphatic rings. The molecule has 0 unspecified atom stereocenters. The van der Waals surface area contributed by atoms with E-state index in [4.69, 9.17) is 0 Å². The molecule has 1 aromatic carbocycles.